The van der Waals surface area contributed by atoms with Crippen molar-refractivity contribution in [2.75, 3.05) is 53.0 Å². The molecule has 2 unspecified atom stereocenters. The van der Waals surface area contributed by atoms with Crippen LogP contribution in [0.1, 0.15) is 172 Å². The van der Waals surface area contributed by atoms with Crippen molar-refractivity contribution in [1.82, 2.24) is 89.6 Å². The highest BCUT2D eigenvalue weighted by molar-refractivity contribution is 6.01. The van der Waals surface area contributed by atoms with E-state index in [1.165, 1.54) is 43.1 Å². The number of fused-ring (bicyclic) bond motifs is 1. The first-order valence-corrected chi connectivity index (χ1v) is 42.7. The number of aromatic amines is 1. The van der Waals surface area contributed by atoms with E-state index in [1.807, 2.05) is 18.2 Å². The highest BCUT2D eigenvalue weighted by atomic mass is 16.5. The number of ketones is 1. The van der Waals surface area contributed by atoms with Crippen LogP contribution in [0.3, 0.4) is 0 Å². The Hall–Kier alpha value is -14.0. The number of amides is 14. The fourth-order valence-corrected chi connectivity index (χ4v) is 13.8. The van der Waals surface area contributed by atoms with Crippen LogP contribution in [0.2, 0.25) is 0 Å². The van der Waals surface area contributed by atoms with E-state index in [-0.39, 0.29) is 100 Å². The number of Topliss-reactive ketones (excluding diaryl/α,β-unsaturated/α-hetero) is 1. The number of likely N-dealkylation sites (tertiary alicyclic amines) is 1. The van der Waals surface area contributed by atoms with Crippen molar-refractivity contribution in [3.05, 3.63) is 71.4 Å². The molecule has 4 rings (SSSR count). The third-order valence-electron chi connectivity index (χ3n) is 20.5. The van der Waals surface area contributed by atoms with E-state index in [9.17, 15) is 116 Å². The van der Waals surface area contributed by atoms with Gasteiger partial charge in [-0.2, -0.15) is 0 Å². The highest BCUT2D eigenvalue weighted by Gasteiger charge is 2.41. The van der Waals surface area contributed by atoms with Gasteiger partial charge in [0.05, 0.1) is 19.2 Å². The lowest BCUT2D eigenvalue weighted by atomic mass is 10.00. The highest BCUT2D eigenvalue weighted by Crippen LogP contribution is 2.23. The van der Waals surface area contributed by atoms with Crippen LogP contribution in [0, 0.1) is 22.7 Å². The van der Waals surface area contributed by atoms with Gasteiger partial charge in [0.15, 0.2) is 17.7 Å². The molecule has 3 aromatic rings. The summed E-state index contributed by atoms with van der Waals surface area (Å²) < 4.78 is 5.61. The molecule has 1 saturated heterocycles. The summed E-state index contributed by atoms with van der Waals surface area (Å²) in [7, 11) is 1.39. The van der Waals surface area contributed by atoms with Gasteiger partial charge >= 0.3 is 29.8 Å². The largest absolute Gasteiger partial charge is 0.481 e. The van der Waals surface area contributed by atoms with Crippen molar-refractivity contribution < 1.29 is 126 Å². The summed E-state index contributed by atoms with van der Waals surface area (Å²) in [5.41, 5.74) is 18.7. The molecule has 48 heteroatoms. The number of carbonyl (C=O) groups excluding carboxylic acids is 15. The number of hydrogen-bond donors (Lipinski definition) is 26. The Morgan fingerprint density at radius 1 is 0.466 bits per heavy atom. The molecule has 12 atom stereocenters. The SMILES string of the molecule is CNC(=O)C(CCCNC(=N)N)NC(=O)[C@H](Cc1c[nH]c2ccccc12)NC(=O)[C@H](CC(C)C)NC(=O)CNC(=O)[C@H](CC(C)C)NC(=O)[C@@H]1CCCN1C(=O)[C@H](CCCNC(=N)N)NC(=O)COCCNC(=O)C(Cc1ccc(C(C)=O)cc1)NC(=O)[C@@H](CCC(=O)O)NC(=O)[C@@H](CCC(=O)O)NC(=O)[C@@H](CCC(=O)O)NC(=O)[C@@H](CCC(=O)O)NC(=O)[C@H](N)CCC(=O)O. The minimum Gasteiger partial charge on any atom is -0.481 e. The van der Waals surface area contributed by atoms with Gasteiger partial charge in [-0.1, -0.05) is 70.2 Å². The van der Waals surface area contributed by atoms with Crippen LogP contribution in [0.15, 0.2) is 54.7 Å². The van der Waals surface area contributed by atoms with Crippen LogP contribution in [0.25, 0.3) is 10.9 Å². The fraction of sp³-hybridized carbons (Fsp3) is 0.566. The van der Waals surface area contributed by atoms with Crippen LogP contribution in [-0.2, 0) is 109 Å². The van der Waals surface area contributed by atoms with Crippen LogP contribution in [0.5, 0.6) is 0 Å². The maximum Gasteiger partial charge on any atom is 0.303 e. The smallest absolute Gasteiger partial charge is 0.303 e. The van der Waals surface area contributed by atoms with Crippen molar-refractivity contribution in [3.63, 3.8) is 0 Å². The lowest BCUT2D eigenvalue weighted by Crippen LogP contribution is -2.59. The number of carboxylic acids is 5. The Labute approximate surface area is 753 Å². The molecule has 0 spiro atoms. The van der Waals surface area contributed by atoms with Gasteiger partial charge < -0.3 is 137 Å². The topological polar surface area (TPSA) is 777 Å². The molecule has 0 aliphatic carbocycles. The third-order valence-corrected chi connectivity index (χ3v) is 20.5. The summed E-state index contributed by atoms with van der Waals surface area (Å²) in [6.45, 7) is 6.40. The van der Waals surface area contributed by atoms with Crippen LogP contribution in [0.4, 0.5) is 0 Å². The van der Waals surface area contributed by atoms with Crippen molar-refractivity contribution in [2.45, 2.75) is 236 Å². The lowest BCUT2D eigenvalue weighted by molar-refractivity contribution is -0.142. The predicted molar refractivity (Wildman–Crippen MR) is 467 cm³/mol. The second-order valence-electron chi connectivity index (χ2n) is 32.1. The number of nitrogens with two attached hydrogens (primary N) is 3. The molecule has 1 aliphatic rings. The normalized spacial score (nSPS) is 14.7. The molecule has 722 valence electrons. The summed E-state index contributed by atoms with van der Waals surface area (Å²) in [6.07, 6.45) is -5.14. The molecular formula is C83H124N22O26. The fourth-order valence-electron chi connectivity index (χ4n) is 13.8. The van der Waals surface area contributed by atoms with Crippen molar-refractivity contribution in [3.8, 4) is 0 Å². The van der Waals surface area contributed by atoms with Gasteiger partial charge in [-0.3, -0.25) is 107 Å². The first-order valence-electron chi connectivity index (χ1n) is 42.7. The monoisotopic (exact) mass is 1840 g/mol. The number of benzene rings is 2. The predicted octanol–water partition coefficient (Wildman–Crippen LogP) is -4.74. The first kappa shape index (κ1) is 109. The second-order valence-corrected chi connectivity index (χ2v) is 32.1. The molecule has 0 radical (unpaired) electrons. The zero-order valence-electron chi connectivity index (χ0n) is 73.9. The number of aromatic nitrogens is 1. The molecule has 48 nitrogen and oxygen atoms in total. The van der Waals surface area contributed by atoms with E-state index in [1.54, 1.807) is 40.0 Å². The molecule has 1 aliphatic heterocycles. The molecule has 1 aromatic heterocycles. The Balaban J connectivity index is 1.50. The van der Waals surface area contributed by atoms with Gasteiger partial charge in [-0.05, 0) is 119 Å². The van der Waals surface area contributed by atoms with Gasteiger partial charge in [0.1, 0.15) is 73.1 Å². The lowest BCUT2D eigenvalue weighted by Gasteiger charge is -2.30. The molecule has 0 bridgehead atoms. The number of nitrogens with one attached hydrogen (secondary N) is 18. The molecule has 131 heavy (non-hydrogen) atoms. The Morgan fingerprint density at radius 2 is 0.885 bits per heavy atom. The minimum atomic E-state index is -1.99. The Morgan fingerprint density at radius 3 is 1.36 bits per heavy atom. The van der Waals surface area contributed by atoms with Crippen LogP contribution >= 0.6 is 0 Å². The summed E-state index contributed by atoms with van der Waals surface area (Å²) in [5.74, 6) is -22.2. The zero-order chi connectivity index (χ0) is 97.7. The van der Waals surface area contributed by atoms with Gasteiger partial charge in [0, 0.05) is 101 Å². The quantitative estimate of drug-likeness (QED) is 0.0109. The van der Waals surface area contributed by atoms with Gasteiger partial charge in [0.25, 0.3) is 0 Å². The van der Waals surface area contributed by atoms with Gasteiger partial charge in [0.2, 0.25) is 82.7 Å². The van der Waals surface area contributed by atoms with E-state index in [4.69, 9.17) is 37.9 Å². The molecule has 1 fully saturated rings. The van der Waals surface area contributed by atoms with Crippen LogP contribution in [-0.4, -0.2) is 291 Å². The average Bonchev–Trinajstić information content (AvgIpc) is 1.79. The van der Waals surface area contributed by atoms with Gasteiger partial charge in [-0.15, -0.1) is 0 Å². The molecule has 0 saturated carbocycles. The van der Waals surface area contributed by atoms with Crippen LogP contribution < -0.4 is 97.0 Å². The van der Waals surface area contributed by atoms with Crippen molar-refractivity contribution >= 4 is 141 Å². The van der Waals surface area contributed by atoms with E-state index in [0.29, 0.717) is 24.0 Å². The van der Waals surface area contributed by atoms with Gasteiger partial charge in [-0.25, -0.2) is 0 Å². The molecule has 14 amide bonds. The molecule has 2 aromatic carbocycles. The number of H-pyrrole nitrogens is 1. The molecular weight excluding hydrogens is 1720 g/mol. The summed E-state index contributed by atoms with van der Waals surface area (Å²) in [5, 5.41) is 101. The Bertz CT molecular complexity index is 4530. The number of aliphatic carboxylic acids is 5. The minimum absolute atomic E-state index is 0.0116. The third kappa shape index (κ3) is 40.9. The summed E-state index contributed by atoms with van der Waals surface area (Å²) in [4.78, 5) is 271. The number of guanidine groups is 2. The molecule has 29 N–H and O–H groups in total. The number of hydrogen-bond acceptors (Lipinski definition) is 24. The number of carbonyl (C=O) groups is 20. The number of rotatable bonds is 61. The first-order chi connectivity index (χ1) is 61.9. The standard InChI is InChI=1S/C83H124N22O26/c1-43(2)36-58(73(122)94-41-63(107)96-59(37-44(3)4)78(127)103-61(39-48-40-93-51-13-8-7-12-49(48)51)79(128)98-52(71(120)89-6)14-9-31-91-82(85)86)104-80(129)62-16-11-34-105(62)81(130)57(15-10-32-92-83(87)88)95-64(108)42-131-35-33-90-72(121)60(38-46-17-19-47(20-18-46)45(5)106)102-77(126)56(25-30-69(117)118)101-76(125)55(24-29-68(115)116)100-75(124)54(23-28-67(113)114)99-74(123)53(22-27-66(111)112)97-70(119)50(84)21-26-65(109)110/h7-8,12-13,17-20,40,43-44,50,52-62,93H,9-11,14-16,21-39,41-42,84H2,1-6H3,(H,89,120)(H,90,121)(H,94,122)(H,95,108)(H,96,107)(H,97,119)(H,98,128)(H,99,123)(H,100,124)(H,101,125)(H,102,126)(H,103,127)(H,104,129)(H,109,110)(H,111,112)(H,113,114)(H,115,116)(H,117,118)(H4,85,86,91)(H4,87,88,92)/t50-,52?,53-,54-,55-,56-,57+,58+,59+,60?,61+,62+/m1/s1. The Kier molecular flexibility index (Phi) is 47.1. The maximum atomic E-state index is 14.7. The van der Waals surface area contributed by atoms with Crippen molar-refractivity contribution in [1.29, 1.82) is 10.8 Å². The number of nitrogens with zero attached hydrogens (tertiary/aromatic N) is 1. The average molecular weight is 1850 g/mol. The molecule has 2 heterocycles. The number of para-hydroxylation sites is 1. The zero-order valence-corrected chi connectivity index (χ0v) is 73.9. The number of ether oxygens (including phenoxy) is 1. The summed E-state index contributed by atoms with van der Waals surface area (Å²) in [6, 6.07) is -5.35. The number of likely N-dealkylation sites (N-methyl/N-ethyl adjacent to an activating group) is 1. The maximum absolute atomic E-state index is 14.7. The van der Waals surface area contributed by atoms with E-state index >= 15 is 0 Å². The van der Waals surface area contributed by atoms with Crippen molar-refractivity contribution in [2.24, 2.45) is 29.0 Å². The summed E-state index contributed by atoms with van der Waals surface area (Å²) >= 11 is 0. The van der Waals surface area contributed by atoms with E-state index in [0.717, 1.165) is 10.9 Å². The van der Waals surface area contributed by atoms with E-state index < -0.39 is 282 Å². The van der Waals surface area contributed by atoms with E-state index in [2.05, 4.69) is 84.7 Å². The second kappa shape index (κ2) is 56.4. The number of carboxylic acid groups (broad SMARTS) is 5.